The zero-order valence-corrected chi connectivity index (χ0v) is 9.38. The highest BCUT2D eigenvalue weighted by atomic mass is 79.9. The van der Waals surface area contributed by atoms with Crippen LogP contribution in [0.2, 0.25) is 0 Å². The van der Waals surface area contributed by atoms with Crippen LogP contribution in [0.3, 0.4) is 0 Å². The lowest BCUT2D eigenvalue weighted by atomic mass is 9.93. The summed E-state index contributed by atoms with van der Waals surface area (Å²) in [6.07, 6.45) is 1.12. The third-order valence-corrected chi connectivity index (χ3v) is 3.79. The van der Waals surface area contributed by atoms with Gasteiger partial charge in [-0.15, -0.1) is 0 Å². The first-order chi connectivity index (χ1) is 6.86. The van der Waals surface area contributed by atoms with Crippen LogP contribution in [-0.2, 0) is 4.74 Å². The topological polar surface area (TPSA) is 21.3 Å². The van der Waals surface area contributed by atoms with Gasteiger partial charge in [0.2, 0.25) is 0 Å². The minimum Gasteiger partial charge on any atom is -0.381 e. The molecule has 74 valence electrons. The largest absolute Gasteiger partial charge is 0.381 e. The predicted octanol–water partition coefficient (Wildman–Crippen LogP) is 2.75. The number of benzene rings is 1. The van der Waals surface area contributed by atoms with E-state index in [-0.39, 0.29) is 0 Å². The number of hydrogen-bond acceptors (Lipinski definition) is 2. The monoisotopic (exact) mass is 253 g/mol. The quantitative estimate of drug-likeness (QED) is 0.768. The van der Waals surface area contributed by atoms with Gasteiger partial charge in [0.15, 0.2) is 0 Å². The molecule has 1 fully saturated rings. The second-order valence-corrected chi connectivity index (χ2v) is 4.78. The molecule has 2 unspecified atom stereocenters. The summed E-state index contributed by atoms with van der Waals surface area (Å²) in [5, 5.41) is 3.58. The average molecular weight is 254 g/mol. The molecule has 0 aromatic heterocycles. The fourth-order valence-corrected chi connectivity index (χ4v) is 2.90. The molecule has 3 rings (SSSR count). The van der Waals surface area contributed by atoms with Crippen LogP contribution < -0.4 is 5.32 Å². The molecule has 2 aliphatic heterocycles. The Labute approximate surface area is 91.8 Å². The molecule has 2 nitrogen and oxygen atoms in total. The fourth-order valence-electron chi connectivity index (χ4n) is 2.40. The molecule has 0 spiro atoms. The van der Waals surface area contributed by atoms with Crippen LogP contribution in [0.15, 0.2) is 22.7 Å². The standard InChI is InChI=1S/C11H12BrNO/c12-9-3-1-2-7-8-6-14-5-4-10(8)13-11(7)9/h1-3,8,10,13H,4-6H2. The third-order valence-electron chi connectivity index (χ3n) is 3.13. The Morgan fingerprint density at radius 1 is 1.43 bits per heavy atom. The SMILES string of the molecule is Brc1cccc2c1NC1CCOCC21. The maximum Gasteiger partial charge on any atom is 0.0555 e. The first-order valence-corrected chi connectivity index (χ1v) is 5.78. The summed E-state index contributed by atoms with van der Waals surface area (Å²) in [4.78, 5) is 0. The lowest BCUT2D eigenvalue weighted by Crippen LogP contribution is -2.30. The van der Waals surface area contributed by atoms with Gasteiger partial charge in [-0.05, 0) is 34.0 Å². The minimum atomic E-state index is 0.552. The van der Waals surface area contributed by atoms with Crippen LogP contribution >= 0.6 is 15.9 Å². The number of halogens is 1. The van der Waals surface area contributed by atoms with Gasteiger partial charge in [0.1, 0.15) is 0 Å². The molecular formula is C11H12BrNO. The number of ether oxygens (including phenoxy) is 1. The van der Waals surface area contributed by atoms with Gasteiger partial charge < -0.3 is 10.1 Å². The second-order valence-electron chi connectivity index (χ2n) is 3.92. The Hall–Kier alpha value is -0.540. The zero-order chi connectivity index (χ0) is 9.54. The molecule has 1 N–H and O–H groups in total. The summed E-state index contributed by atoms with van der Waals surface area (Å²) in [5.41, 5.74) is 2.68. The smallest absolute Gasteiger partial charge is 0.0555 e. The predicted molar refractivity (Wildman–Crippen MR) is 59.7 cm³/mol. The molecule has 0 radical (unpaired) electrons. The molecule has 1 saturated heterocycles. The maximum absolute atomic E-state index is 5.52. The Morgan fingerprint density at radius 3 is 3.29 bits per heavy atom. The first kappa shape index (κ1) is 8.74. The fraction of sp³-hybridized carbons (Fsp3) is 0.455. The molecule has 0 saturated carbocycles. The van der Waals surface area contributed by atoms with E-state index in [1.54, 1.807) is 0 Å². The van der Waals surface area contributed by atoms with Crippen molar-refractivity contribution in [3.63, 3.8) is 0 Å². The summed E-state index contributed by atoms with van der Waals surface area (Å²) >= 11 is 3.58. The van der Waals surface area contributed by atoms with Crippen LogP contribution in [0.4, 0.5) is 5.69 Å². The van der Waals surface area contributed by atoms with E-state index in [1.165, 1.54) is 15.7 Å². The van der Waals surface area contributed by atoms with Gasteiger partial charge >= 0.3 is 0 Å². The molecule has 1 aromatic carbocycles. The average Bonchev–Trinajstić information content (AvgIpc) is 2.59. The summed E-state index contributed by atoms with van der Waals surface area (Å²) in [6.45, 7) is 1.75. The lowest BCUT2D eigenvalue weighted by molar-refractivity contribution is 0.0769. The van der Waals surface area contributed by atoms with E-state index >= 15 is 0 Å². The molecule has 1 aromatic rings. The number of hydrogen-bond donors (Lipinski definition) is 1. The van der Waals surface area contributed by atoms with Gasteiger partial charge in [-0.25, -0.2) is 0 Å². The zero-order valence-electron chi connectivity index (χ0n) is 7.79. The molecule has 2 aliphatic rings. The highest BCUT2D eigenvalue weighted by Gasteiger charge is 2.35. The Kier molecular flexibility index (Phi) is 2.03. The van der Waals surface area contributed by atoms with Crippen LogP contribution in [-0.4, -0.2) is 19.3 Å². The van der Waals surface area contributed by atoms with Crippen molar-refractivity contribution in [1.82, 2.24) is 0 Å². The summed E-state index contributed by atoms with van der Waals surface area (Å²) in [6, 6.07) is 6.97. The van der Waals surface area contributed by atoms with Gasteiger partial charge in [-0.1, -0.05) is 12.1 Å². The molecule has 2 heterocycles. The molecule has 3 heteroatoms. The van der Waals surface area contributed by atoms with Gasteiger partial charge in [0.05, 0.1) is 12.3 Å². The lowest BCUT2D eigenvalue weighted by Gasteiger charge is -2.25. The van der Waals surface area contributed by atoms with E-state index in [9.17, 15) is 0 Å². The van der Waals surface area contributed by atoms with Crippen molar-refractivity contribution < 1.29 is 4.74 Å². The van der Waals surface area contributed by atoms with E-state index < -0.39 is 0 Å². The van der Waals surface area contributed by atoms with Crippen LogP contribution in [0.1, 0.15) is 17.9 Å². The van der Waals surface area contributed by atoms with Crippen molar-refractivity contribution >= 4 is 21.6 Å². The number of fused-ring (bicyclic) bond motifs is 3. The van der Waals surface area contributed by atoms with Crippen molar-refractivity contribution in [2.45, 2.75) is 18.4 Å². The molecule has 0 bridgehead atoms. The van der Waals surface area contributed by atoms with Crippen molar-refractivity contribution in [1.29, 1.82) is 0 Å². The summed E-state index contributed by atoms with van der Waals surface area (Å²) < 4.78 is 6.70. The normalized spacial score (nSPS) is 29.2. The minimum absolute atomic E-state index is 0.552. The van der Waals surface area contributed by atoms with E-state index in [2.05, 4.69) is 39.4 Å². The van der Waals surface area contributed by atoms with Crippen molar-refractivity contribution in [2.75, 3.05) is 18.5 Å². The molecule has 0 amide bonds. The molecule has 2 atom stereocenters. The van der Waals surface area contributed by atoms with E-state index in [4.69, 9.17) is 4.74 Å². The Balaban J connectivity index is 2.05. The molecular weight excluding hydrogens is 242 g/mol. The number of rotatable bonds is 0. The summed E-state index contributed by atoms with van der Waals surface area (Å²) in [5.74, 6) is 0.552. The van der Waals surface area contributed by atoms with Crippen molar-refractivity contribution in [2.24, 2.45) is 0 Å². The third kappa shape index (κ3) is 1.19. The number of anilines is 1. The number of para-hydroxylation sites is 1. The molecule has 0 aliphatic carbocycles. The first-order valence-electron chi connectivity index (χ1n) is 4.99. The van der Waals surface area contributed by atoms with E-state index in [0.717, 1.165) is 19.6 Å². The van der Waals surface area contributed by atoms with Crippen molar-refractivity contribution in [3.05, 3.63) is 28.2 Å². The van der Waals surface area contributed by atoms with Gasteiger partial charge in [0.25, 0.3) is 0 Å². The van der Waals surface area contributed by atoms with E-state index in [0.29, 0.717) is 12.0 Å². The molecule has 14 heavy (non-hydrogen) atoms. The maximum atomic E-state index is 5.52. The van der Waals surface area contributed by atoms with Crippen LogP contribution in [0.25, 0.3) is 0 Å². The Morgan fingerprint density at radius 2 is 2.36 bits per heavy atom. The van der Waals surface area contributed by atoms with Crippen LogP contribution in [0, 0.1) is 0 Å². The number of nitrogens with one attached hydrogen (secondary N) is 1. The van der Waals surface area contributed by atoms with Gasteiger partial charge in [-0.3, -0.25) is 0 Å². The van der Waals surface area contributed by atoms with Crippen molar-refractivity contribution in [3.8, 4) is 0 Å². The second kappa shape index (κ2) is 3.24. The highest BCUT2D eigenvalue weighted by Crippen LogP contribution is 2.42. The van der Waals surface area contributed by atoms with Crippen LogP contribution in [0.5, 0.6) is 0 Å². The van der Waals surface area contributed by atoms with E-state index in [1.807, 2.05) is 0 Å². The highest BCUT2D eigenvalue weighted by molar-refractivity contribution is 9.10. The Bertz CT molecular complexity index is 366. The summed E-state index contributed by atoms with van der Waals surface area (Å²) in [7, 11) is 0. The van der Waals surface area contributed by atoms with Gasteiger partial charge in [0, 0.05) is 23.0 Å². The van der Waals surface area contributed by atoms with Gasteiger partial charge in [-0.2, -0.15) is 0 Å².